The van der Waals surface area contributed by atoms with Crippen molar-refractivity contribution in [1.29, 1.82) is 0 Å². The highest BCUT2D eigenvalue weighted by Gasteiger charge is 2.22. The van der Waals surface area contributed by atoms with E-state index in [4.69, 9.17) is 4.74 Å². The maximum absolute atomic E-state index is 12.1. The Bertz CT molecular complexity index is 621. The Morgan fingerprint density at radius 1 is 0.684 bits per heavy atom. The van der Waals surface area contributed by atoms with Gasteiger partial charge in [0.05, 0.1) is 21.1 Å². The van der Waals surface area contributed by atoms with Gasteiger partial charge >= 0.3 is 5.97 Å². The maximum Gasteiger partial charge on any atom is 0.306 e. The zero-order chi connectivity index (χ0) is 28.3. The normalized spacial score (nSPS) is 12.9. The number of carbonyl (C=O) groups excluding carboxylic acids is 2. The van der Waals surface area contributed by atoms with Crippen LogP contribution in [0.15, 0.2) is 24.3 Å². The van der Waals surface area contributed by atoms with Crippen LogP contribution in [0.2, 0.25) is 0 Å². The van der Waals surface area contributed by atoms with Gasteiger partial charge in [0.2, 0.25) is 0 Å². The molecule has 0 fully saturated rings. The van der Waals surface area contributed by atoms with Crippen molar-refractivity contribution < 1.29 is 23.9 Å². The molecule has 0 aromatic heterocycles. The number of rotatable bonds is 27. The summed E-state index contributed by atoms with van der Waals surface area (Å²) in [5.41, 5.74) is 0. The minimum absolute atomic E-state index is 0.242. The van der Waals surface area contributed by atoms with Crippen molar-refractivity contribution in [3.63, 3.8) is 0 Å². The molecular weight excluding hydrogens is 474 g/mol. The molecule has 0 heterocycles. The van der Waals surface area contributed by atoms with Gasteiger partial charge in [-0.05, 0) is 38.5 Å². The Kier molecular flexibility index (Phi) is 24.6. The fourth-order valence-corrected chi connectivity index (χ4v) is 4.68. The number of allylic oxidation sites excluding steroid dienone is 4. The molecule has 0 bridgehead atoms. The summed E-state index contributed by atoms with van der Waals surface area (Å²) >= 11 is 0. The number of hydrogen-bond acceptors (Lipinski definition) is 4. The van der Waals surface area contributed by atoms with Gasteiger partial charge in [-0.2, -0.15) is 0 Å². The van der Waals surface area contributed by atoms with E-state index < -0.39 is 12.1 Å². The van der Waals surface area contributed by atoms with E-state index in [0.29, 0.717) is 17.4 Å². The van der Waals surface area contributed by atoms with E-state index in [-0.39, 0.29) is 12.4 Å². The van der Waals surface area contributed by atoms with Crippen molar-refractivity contribution in [2.24, 2.45) is 0 Å². The third-order valence-corrected chi connectivity index (χ3v) is 6.78. The molecule has 0 aromatic rings. The second kappa shape index (κ2) is 25.6. The Balaban J connectivity index is 3.50. The van der Waals surface area contributed by atoms with Gasteiger partial charge in [0.1, 0.15) is 6.54 Å². The zero-order valence-electron chi connectivity index (χ0n) is 25.5. The Morgan fingerprint density at radius 2 is 1.13 bits per heavy atom. The second-order valence-corrected chi connectivity index (χ2v) is 12.0. The summed E-state index contributed by atoms with van der Waals surface area (Å²) in [4.78, 5) is 23.0. The van der Waals surface area contributed by atoms with Gasteiger partial charge in [-0.25, -0.2) is 0 Å². The molecular formula is C33H61NO4. The molecule has 5 nitrogen and oxygen atoms in total. The van der Waals surface area contributed by atoms with E-state index >= 15 is 0 Å². The number of unbranched alkanes of at least 4 members (excludes halogenated alkanes) is 16. The fraction of sp³-hybridized carbons (Fsp3) is 0.818. The van der Waals surface area contributed by atoms with Gasteiger partial charge in [-0.3, -0.25) is 4.79 Å². The van der Waals surface area contributed by atoms with Crippen LogP contribution in [-0.4, -0.2) is 50.2 Å². The standard InChI is InChI=1S/C33H61NO4/c1-5-6-7-8-9-10-11-12-13-14-15-16-17-18-19-20-21-22-23-24-25-26-27-28-33(37)38-31(29-32(35)36)30-34(2,3)4/h13-14,16-17,31H,5-12,15,18-30H2,1-4H3/b14-13+,17-16+. The van der Waals surface area contributed by atoms with Crippen LogP contribution in [0.3, 0.4) is 0 Å². The predicted octanol–water partition coefficient (Wildman–Crippen LogP) is 7.68. The van der Waals surface area contributed by atoms with Crippen molar-refractivity contribution in [2.75, 3.05) is 27.7 Å². The molecule has 0 saturated heterocycles. The van der Waals surface area contributed by atoms with E-state index in [1.54, 1.807) is 0 Å². The van der Waals surface area contributed by atoms with Gasteiger partial charge in [0, 0.05) is 18.8 Å². The van der Waals surface area contributed by atoms with E-state index in [0.717, 1.165) is 25.7 Å². The maximum atomic E-state index is 12.1. The van der Waals surface area contributed by atoms with Gasteiger partial charge in [0.25, 0.3) is 0 Å². The molecule has 0 aliphatic rings. The van der Waals surface area contributed by atoms with Crippen LogP contribution >= 0.6 is 0 Å². The molecule has 0 saturated carbocycles. The predicted molar refractivity (Wildman–Crippen MR) is 159 cm³/mol. The largest absolute Gasteiger partial charge is 0.550 e. The molecule has 0 aliphatic heterocycles. The Hall–Kier alpha value is -1.62. The number of carbonyl (C=O) groups is 2. The highest BCUT2D eigenvalue weighted by atomic mass is 16.5. The van der Waals surface area contributed by atoms with Crippen LogP contribution in [0.5, 0.6) is 0 Å². The molecule has 38 heavy (non-hydrogen) atoms. The van der Waals surface area contributed by atoms with E-state index in [1.807, 2.05) is 21.1 Å². The van der Waals surface area contributed by atoms with E-state index in [2.05, 4.69) is 31.2 Å². The molecule has 5 heteroatoms. The number of aliphatic carboxylic acids is 1. The summed E-state index contributed by atoms with van der Waals surface area (Å²) in [5.74, 6) is -1.47. The van der Waals surface area contributed by atoms with Crippen LogP contribution in [0.1, 0.15) is 142 Å². The van der Waals surface area contributed by atoms with Gasteiger partial charge < -0.3 is 19.1 Å². The molecule has 0 aromatic carbocycles. The summed E-state index contributed by atoms with van der Waals surface area (Å²) in [6.07, 6.45) is 32.7. The van der Waals surface area contributed by atoms with Crippen LogP contribution in [0, 0.1) is 0 Å². The van der Waals surface area contributed by atoms with E-state index in [1.165, 1.54) is 96.3 Å². The monoisotopic (exact) mass is 535 g/mol. The number of hydrogen-bond donors (Lipinski definition) is 0. The lowest BCUT2D eigenvalue weighted by Crippen LogP contribution is -2.45. The molecule has 0 amide bonds. The lowest BCUT2D eigenvalue weighted by atomic mass is 10.1. The lowest BCUT2D eigenvalue weighted by Gasteiger charge is -2.29. The molecule has 0 radical (unpaired) electrons. The number of quaternary nitrogens is 1. The fourth-order valence-electron chi connectivity index (χ4n) is 4.68. The van der Waals surface area contributed by atoms with Crippen LogP contribution < -0.4 is 5.11 Å². The lowest BCUT2D eigenvalue weighted by molar-refractivity contribution is -0.873. The number of carboxylic acids is 1. The third kappa shape index (κ3) is 28.9. The van der Waals surface area contributed by atoms with Crippen molar-refractivity contribution in [2.45, 2.75) is 148 Å². The van der Waals surface area contributed by atoms with Crippen molar-refractivity contribution in [1.82, 2.24) is 0 Å². The van der Waals surface area contributed by atoms with Gasteiger partial charge in [-0.1, -0.05) is 115 Å². The van der Waals surface area contributed by atoms with Gasteiger partial charge in [0.15, 0.2) is 6.10 Å². The summed E-state index contributed by atoms with van der Waals surface area (Å²) < 4.78 is 5.94. The number of nitrogens with zero attached hydrogens (tertiary/aromatic N) is 1. The van der Waals surface area contributed by atoms with Gasteiger partial charge in [-0.15, -0.1) is 0 Å². The summed E-state index contributed by atoms with van der Waals surface area (Å²) in [5, 5.41) is 10.9. The average Bonchev–Trinajstić information content (AvgIpc) is 2.83. The first-order valence-electron chi connectivity index (χ1n) is 15.7. The van der Waals surface area contributed by atoms with Crippen LogP contribution in [-0.2, 0) is 14.3 Å². The zero-order valence-corrected chi connectivity index (χ0v) is 25.5. The molecule has 0 rings (SSSR count). The average molecular weight is 536 g/mol. The topological polar surface area (TPSA) is 66.4 Å². The first kappa shape index (κ1) is 36.4. The third-order valence-electron chi connectivity index (χ3n) is 6.78. The smallest absolute Gasteiger partial charge is 0.306 e. The van der Waals surface area contributed by atoms with Crippen LogP contribution in [0.4, 0.5) is 0 Å². The SMILES string of the molecule is CCCCCCCCC/C=C/C/C=C/CCCCCCCCCCCC(=O)OC(CC(=O)[O-])C[N+](C)(C)C. The summed E-state index contributed by atoms with van der Waals surface area (Å²) in [6.45, 7) is 2.74. The molecule has 222 valence electrons. The number of likely N-dealkylation sites (N-methyl/N-ethyl adjacent to an activating group) is 1. The number of carboxylic acid groups (broad SMARTS) is 1. The minimum atomic E-state index is -1.18. The first-order valence-corrected chi connectivity index (χ1v) is 15.7. The molecule has 1 atom stereocenters. The summed E-state index contributed by atoms with van der Waals surface area (Å²) in [6, 6.07) is 0. The Morgan fingerprint density at radius 3 is 1.58 bits per heavy atom. The molecule has 0 N–H and O–H groups in total. The highest BCUT2D eigenvalue weighted by Crippen LogP contribution is 2.13. The second-order valence-electron chi connectivity index (χ2n) is 12.0. The quantitative estimate of drug-likeness (QED) is 0.0468. The van der Waals surface area contributed by atoms with E-state index in [9.17, 15) is 14.7 Å². The first-order chi connectivity index (χ1) is 18.2. The Labute approximate surface area is 235 Å². The summed E-state index contributed by atoms with van der Waals surface area (Å²) in [7, 11) is 5.85. The van der Waals surface area contributed by atoms with Crippen molar-refractivity contribution in [3.05, 3.63) is 24.3 Å². The van der Waals surface area contributed by atoms with Crippen LogP contribution in [0.25, 0.3) is 0 Å². The number of ether oxygens (including phenoxy) is 1. The van der Waals surface area contributed by atoms with Crippen molar-refractivity contribution in [3.8, 4) is 0 Å². The molecule has 1 unspecified atom stereocenters. The van der Waals surface area contributed by atoms with Crippen molar-refractivity contribution >= 4 is 11.9 Å². The number of esters is 1. The highest BCUT2D eigenvalue weighted by molar-refractivity contribution is 5.70. The minimum Gasteiger partial charge on any atom is -0.550 e. The molecule has 0 spiro atoms. The molecule has 0 aliphatic carbocycles.